The van der Waals surface area contributed by atoms with Crippen molar-refractivity contribution in [2.45, 2.75) is 50.6 Å². The monoisotopic (exact) mass is 250 g/mol. The Hall–Kier alpha value is -0.320. The molecule has 0 heterocycles. The number of nitrogens with one attached hydrogen (secondary N) is 1. The summed E-state index contributed by atoms with van der Waals surface area (Å²) in [5, 5.41) is 2.96. The Morgan fingerprint density at radius 3 is 2.50 bits per heavy atom. The topological polar surface area (TPSA) is 64.3 Å². The number of amides is 1. The van der Waals surface area contributed by atoms with Crippen LogP contribution < -0.4 is 11.1 Å². The van der Waals surface area contributed by atoms with E-state index in [4.69, 9.17) is 10.5 Å². The van der Waals surface area contributed by atoms with Crippen molar-refractivity contribution in [3.63, 3.8) is 0 Å². The minimum absolute atomic E-state index is 0. The van der Waals surface area contributed by atoms with Crippen LogP contribution in [-0.4, -0.2) is 31.2 Å². The van der Waals surface area contributed by atoms with Gasteiger partial charge < -0.3 is 15.8 Å². The lowest BCUT2D eigenvalue weighted by Crippen LogP contribution is -2.55. The van der Waals surface area contributed by atoms with Gasteiger partial charge in [0.2, 0.25) is 5.91 Å². The zero-order valence-corrected chi connectivity index (χ0v) is 10.9. The molecule has 0 radical (unpaired) electrons. The van der Waals surface area contributed by atoms with E-state index in [1.54, 1.807) is 7.11 Å². The van der Waals surface area contributed by atoms with Gasteiger partial charge in [-0.1, -0.05) is 19.8 Å². The zero-order chi connectivity index (χ0) is 11.3. The molecule has 96 valence electrons. The Bertz CT molecular complexity index is 218. The fraction of sp³-hybridized carbons (Fsp3) is 0.909. The number of ether oxygens (including phenoxy) is 1. The molecule has 5 heteroatoms. The molecule has 1 unspecified atom stereocenters. The highest BCUT2D eigenvalue weighted by Crippen LogP contribution is 2.27. The highest BCUT2D eigenvalue weighted by atomic mass is 35.5. The quantitative estimate of drug-likeness (QED) is 0.771. The summed E-state index contributed by atoms with van der Waals surface area (Å²) in [5.74, 6) is -0.0103. The lowest BCUT2D eigenvalue weighted by Gasteiger charge is -2.25. The van der Waals surface area contributed by atoms with Crippen molar-refractivity contribution in [1.29, 1.82) is 0 Å². The fourth-order valence-corrected chi connectivity index (χ4v) is 2.02. The average molecular weight is 251 g/mol. The second-order valence-electron chi connectivity index (χ2n) is 4.40. The molecule has 1 saturated carbocycles. The van der Waals surface area contributed by atoms with E-state index in [1.165, 1.54) is 0 Å². The number of carbonyl (C=O) groups excluding carboxylic acids is 1. The maximum Gasteiger partial charge on any atom is 0.240 e. The molecule has 1 rings (SSSR count). The first kappa shape index (κ1) is 15.7. The lowest BCUT2D eigenvalue weighted by atomic mass is 9.97. The summed E-state index contributed by atoms with van der Waals surface area (Å²) < 4.78 is 5.04. The second kappa shape index (κ2) is 7.09. The van der Waals surface area contributed by atoms with E-state index in [9.17, 15) is 4.79 Å². The van der Waals surface area contributed by atoms with Crippen LogP contribution in [0.25, 0.3) is 0 Å². The Balaban J connectivity index is 0.00000225. The number of hydrogen-bond donors (Lipinski definition) is 2. The maximum atomic E-state index is 11.9. The van der Waals surface area contributed by atoms with Crippen molar-refractivity contribution in [3.8, 4) is 0 Å². The van der Waals surface area contributed by atoms with E-state index in [0.29, 0.717) is 6.61 Å². The van der Waals surface area contributed by atoms with Crippen LogP contribution in [0.5, 0.6) is 0 Å². The molecule has 0 aliphatic heterocycles. The predicted octanol–water partition coefficient (Wildman–Crippen LogP) is 1.22. The molecule has 1 aliphatic rings. The highest BCUT2D eigenvalue weighted by Gasteiger charge is 2.37. The third-order valence-corrected chi connectivity index (χ3v) is 3.14. The fourth-order valence-electron chi connectivity index (χ4n) is 2.02. The molecule has 0 aromatic carbocycles. The number of methoxy groups -OCH3 is 1. The lowest BCUT2D eigenvalue weighted by molar-refractivity contribution is -0.127. The molecule has 0 aromatic heterocycles. The van der Waals surface area contributed by atoms with Crippen molar-refractivity contribution in [2.75, 3.05) is 13.7 Å². The predicted molar refractivity (Wildman–Crippen MR) is 66.7 cm³/mol. The highest BCUT2D eigenvalue weighted by molar-refractivity contribution is 5.86. The van der Waals surface area contributed by atoms with E-state index in [2.05, 4.69) is 5.32 Å². The van der Waals surface area contributed by atoms with E-state index >= 15 is 0 Å². The SMILES string of the molecule is CCC(COC)NC(=O)C1(N)CCCC1.Cl. The minimum Gasteiger partial charge on any atom is -0.383 e. The number of halogens is 1. The summed E-state index contributed by atoms with van der Waals surface area (Å²) in [6, 6.07) is 0.0866. The third kappa shape index (κ3) is 3.92. The van der Waals surface area contributed by atoms with Gasteiger partial charge in [0.15, 0.2) is 0 Å². The number of rotatable bonds is 5. The van der Waals surface area contributed by atoms with E-state index in [0.717, 1.165) is 32.1 Å². The van der Waals surface area contributed by atoms with Crippen LogP contribution in [0.2, 0.25) is 0 Å². The molecule has 1 fully saturated rings. The smallest absolute Gasteiger partial charge is 0.240 e. The Morgan fingerprint density at radius 2 is 2.06 bits per heavy atom. The maximum absolute atomic E-state index is 11.9. The van der Waals surface area contributed by atoms with Crippen molar-refractivity contribution >= 4 is 18.3 Å². The zero-order valence-electron chi connectivity index (χ0n) is 10.1. The van der Waals surface area contributed by atoms with Crippen LogP contribution in [-0.2, 0) is 9.53 Å². The van der Waals surface area contributed by atoms with Crippen LogP contribution >= 0.6 is 12.4 Å². The van der Waals surface area contributed by atoms with Crippen molar-refractivity contribution in [2.24, 2.45) is 5.73 Å². The summed E-state index contributed by atoms with van der Waals surface area (Å²) in [7, 11) is 1.64. The molecule has 0 aromatic rings. The molecule has 16 heavy (non-hydrogen) atoms. The summed E-state index contributed by atoms with van der Waals surface area (Å²) in [4.78, 5) is 11.9. The minimum atomic E-state index is -0.624. The van der Waals surface area contributed by atoms with Gasteiger partial charge in [0.1, 0.15) is 0 Å². The van der Waals surface area contributed by atoms with Crippen molar-refractivity contribution < 1.29 is 9.53 Å². The first-order valence-corrected chi connectivity index (χ1v) is 5.71. The molecule has 0 saturated heterocycles. The van der Waals surface area contributed by atoms with Gasteiger partial charge in [-0.3, -0.25) is 4.79 Å². The third-order valence-electron chi connectivity index (χ3n) is 3.14. The van der Waals surface area contributed by atoms with Crippen LogP contribution in [0.3, 0.4) is 0 Å². The number of hydrogen-bond acceptors (Lipinski definition) is 3. The molecular formula is C11H23ClN2O2. The summed E-state index contributed by atoms with van der Waals surface area (Å²) in [6.45, 7) is 2.58. The van der Waals surface area contributed by atoms with Crippen LogP contribution in [0.1, 0.15) is 39.0 Å². The molecule has 4 nitrogen and oxygen atoms in total. The molecule has 1 atom stereocenters. The van der Waals surface area contributed by atoms with Gasteiger partial charge in [-0.15, -0.1) is 12.4 Å². The van der Waals surface area contributed by atoms with Crippen LogP contribution in [0.15, 0.2) is 0 Å². The van der Waals surface area contributed by atoms with Gasteiger partial charge in [0.05, 0.1) is 18.2 Å². The summed E-state index contributed by atoms with van der Waals surface area (Å²) in [5.41, 5.74) is 5.43. The average Bonchev–Trinajstić information content (AvgIpc) is 2.65. The van der Waals surface area contributed by atoms with Gasteiger partial charge >= 0.3 is 0 Å². The van der Waals surface area contributed by atoms with Gasteiger partial charge in [-0.25, -0.2) is 0 Å². The standard InChI is InChI=1S/C11H22N2O2.ClH/c1-3-9(8-15-2)13-10(14)11(12)6-4-5-7-11;/h9H,3-8,12H2,1-2H3,(H,13,14);1H. The Labute approximate surface area is 104 Å². The van der Waals surface area contributed by atoms with E-state index in [1.807, 2.05) is 6.92 Å². The van der Waals surface area contributed by atoms with Crippen LogP contribution in [0, 0.1) is 0 Å². The number of nitrogens with two attached hydrogens (primary N) is 1. The molecule has 1 aliphatic carbocycles. The molecule has 0 bridgehead atoms. The van der Waals surface area contributed by atoms with Gasteiger partial charge in [-0.05, 0) is 19.3 Å². The largest absolute Gasteiger partial charge is 0.383 e. The Morgan fingerprint density at radius 1 is 1.50 bits per heavy atom. The van der Waals surface area contributed by atoms with E-state index < -0.39 is 5.54 Å². The van der Waals surface area contributed by atoms with Crippen molar-refractivity contribution in [3.05, 3.63) is 0 Å². The molecule has 0 spiro atoms. The van der Waals surface area contributed by atoms with Gasteiger partial charge in [0, 0.05) is 7.11 Å². The Kier molecular flexibility index (Phi) is 6.95. The summed E-state index contributed by atoms with van der Waals surface area (Å²) >= 11 is 0. The first-order valence-electron chi connectivity index (χ1n) is 5.71. The van der Waals surface area contributed by atoms with Gasteiger partial charge in [-0.2, -0.15) is 0 Å². The van der Waals surface area contributed by atoms with E-state index in [-0.39, 0.29) is 24.4 Å². The molecule has 3 N–H and O–H groups in total. The second-order valence-corrected chi connectivity index (χ2v) is 4.40. The van der Waals surface area contributed by atoms with Gasteiger partial charge in [0.25, 0.3) is 0 Å². The van der Waals surface area contributed by atoms with Crippen LogP contribution in [0.4, 0.5) is 0 Å². The van der Waals surface area contributed by atoms with Crippen molar-refractivity contribution in [1.82, 2.24) is 5.32 Å². The number of carbonyl (C=O) groups is 1. The summed E-state index contributed by atoms with van der Waals surface area (Å²) in [6.07, 6.45) is 4.61. The molecular weight excluding hydrogens is 228 g/mol. The normalized spacial score (nSPS) is 19.9. The molecule has 1 amide bonds. The first-order chi connectivity index (χ1) is 7.12.